The molecule has 0 aliphatic carbocycles. The van der Waals surface area contributed by atoms with Crippen LogP contribution in [0.1, 0.15) is 35.9 Å². The first-order valence-electron chi connectivity index (χ1n) is 6.44. The standard InChI is InChI=1S/C14H18N4OS/c1-8(2)12-17-18-14(20-12)16-13(19)15-11-6-5-9(3)10(4)7-11/h5-8H,1-4H3,(H2,15,16,18,19). The highest BCUT2D eigenvalue weighted by Gasteiger charge is 2.10. The third-order valence-electron chi connectivity index (χ3n) is 2.92. The fourth-order valence-corrected chi connectivity index (χ4v) is 2.34. The number of nitrogens with one attached hydrogen (secondary N) is 2. The van der Waals surface area contributed by atoms with Crippen LogP contribution >= 0.6 is 11.3 Å². The van der Waals surface area contributed by atoms with Crippen molar-refractivity contribution in [3.63, 3.8) is 0 Å². The van der Waals surface area contributed by atoms with Crippen molar-refractivity contribution in [2.45, 2.75) is 33.6 Å². The summed E-state index contributed by atoms with van der Waals surface area (Å²) in [6.07, 6.45) is 0. The number of carbonyl (C=O) groups is 1. The molecule has 2 amide bonds. The van der Waals surface area contributed by atoms with Crippen molar-refractivity contribution in [1.82, 2.24) is 10.2 Å². The number of hydrogen-bond acceptors (Lipinski definition) is 4. The first-order valence-corrected chi connectivity index (χ1v) is 7.26. The molecule has 0 fully saturated rings. The van der Waals surface area contributed by atoms with Crippen LogP contribution in [0.15, 0.2) is 18.2 Å². The molecule has 0 aliphatic rings. The molecule has 0 saturated carbocycles. The molecular formula is C14H18N4OS. The summed E-state index contributed by atoms with van der Waals surface area (Å²) in [5.74, 6) is 0.311. The molecule has 2 N–H and O–H groups in total. The Kier molecular flexibility index (Phi) is 4.34. The maximum atomic E-state index is 11.9. The van der Waals surface area contributed by atoms with Crippen molar-refractivity contribution >= 4 is 28.2 Å². The van der Waals surface area contributed by atoms with E-state index in [-0.39, 0.29) is 6.03 Å². The Labute approximate surface area is 122 Å². The summed E-state index contributed by atoms with van der Waals surface area (Å²) in [6, 6.07) is 5.49. The second-order valence-electron chi connectivity index (χ2n) is 4.98. The lowest BCUT2D eigenvalue weighted by molar-refractivity contribution is 0.262. The number of rotatable bonds is 3. The maximum Gasteiger partial charge on any atom is 0.325 e. The van der Waals surface area contributed by atoms with Crippen LogP contribution in [-0.2, 0) is 0 Å². The second kappa shape index (κ2) is 6.00. The van der Waals surface area contributed by atoms with Gasteiger partial charge in [0.1, 0.15) is 5.01 Å². The van der Waals surface area contributed by atoms with Crippen LogP contribution in [0.3, 0.4) is 0 Å². The van der Waals surface area contributed by atoms with Gasteiger partial charge in [0.05, 0.1) is 0 Å². The molecule has 2 aromatic rings. The molecule has 0 saturated heterocycles. The number of aryl methyl sites for hydroxylation is 2. The van der Waals surface area contributed by atoms with Gasteiger partial charge in [-0.1, -0.05) is 31.3 Å². The zero-order valence-corrected chi connectivity index (χ0v) is 12.8. The Bertz CT molecular complexity index is 621. The average molecular weight is 290 g/mol. The van der Waals surface area contributed by atoms with E-state index >= 15 is 0 Å². The minimum Gasteiger partial charge on any atom is -0.308 e. The van der Waals surface area contributed by atoms with Crippen LogP contribution in [0.4, 0.5) is 15.6 Å². The molecule has 0 spiro atoms. The van der Waals surface area contributed by atoms with Gasteiger partial charge in [0.15, 0.2) is 0 Å². The van der Waals surface area contributed by atoms with Crippen molar-refractivity contribution in [3.05, 3.63) is 34.3 Å². The minimum atomic E-state index is -0.306. The zero-order valence-electron chi connectivity index (χ0n) is 12.0. The Balaban J connectivity index is 1.99. The first kappa shape index (κ1) is 14.5. The number of amides is 2. The van der Waals surface area contributed by atoms with Crippen molar-refractivity contribution in [2.24, 2.45) is 0 Å². The van der Waals surface area contributed by atoms with Gasteiger partial charge in [-0.3, -0.25) is 5.32 Å². The van der Waals surface area contributed by atoms with Crippen LogP contribution in [0.5, 0.6) is 0 Å². The lowest BCUT2D eigenvalue weighted by Gasteiger charge is -2.07. The highest BCUT2D eigenvalue weighted by molar-refractivity contribution is 7.15. The summed E-state index contributed by atoms with van der Waals surface area (Å²) in [6.45, 7) is 8.13. The number of hydrogen-bond donors (Lipinski definition) is 2. The van der Waals surface area contributed by atoms with E-state index in [4.69, 9.17) is 0 Å². The molecule has 1 heterocycles. The van der Waals surface area contributed by atoms with Crippen molar-refractivity contribution in [2.75, 3.05) is 10.6 Å². The second-order valence-corrected chi connectivity index (χ2v) is 5.99. The molecule has 5 nitrogen and oxygen atoms in total. The number of aromatic nitrogens is 2. The quantitative estimate of drug-likeness (QED) is 0.900. The van der Waals surface area contributed by atoms with E-state index in [0.717, 1.165) is 16.3 Å². The molecule has 0 bridgehead atoms. The fraction of sp³-hybridized carbons (Fsp3) is 0.357. The van der Waals surface area contributed by atoms with Crippen LogP contribution in [0.25, 0.3) is 0 Å². The van der Waals surface area contributed by atoms with Gasteiger partial charge in [0, 0.05) is 11.6 Å². The zero-order chi connectivity index (χ0) is 14.7. The summed E-state index contributed by atoms with van der Waals surface area (Å²) in [5.41, 5.74) is 3.10. The molecule has 0 atom stereocenters. The number of benzene rings is 1. The van der Waals surface area contributed by atoms with Gasteiger partial charge in [0.25, 0.3) is 0 Å². The van der Waals surface area contributed by atoms with Gasteiger partial charge >= 0.3 is 6.03 Å². The first-order chi connectivity index (χ1) is 9.45. The summed E-state index contributed by atoms with van der Waals surface area (Å²) >= 11 is 1.39. The molecule has 2 rings (SSSR count). The molecule has 6 heteroatoms. The van der Waals surface area contributed by atoms with Crippen molar-refractivity contribution < 1.29 is 4.79 Å². The SMILES string of the molecule is Cc1ccc(NC(=O)Nc2nnc(C(C)C)s2)cc1C. The Morgan fingerprint density at radius 3 is 2.50 bits per heavy atom. The van der Waals surface area contributed by atoms with Crippen molar-refractivity contribution in [3.8, 4) is 0 Å². The molecule has 1 aromatic carbocycles. The molecule has 1 aromatic heterocycles. The van der Waals surface area contributed by atoms with E-state index in [1.165, 1.54) is 16.9 Å². The number of anilines is 2. The molecule has 0 aliphatic heterocycles. The molecule has 20 heavy (non-hydrogen) atoms. The maximum absolute atomic E-state index is 11.9. The third kappa shape index (κ3) is 3.54. The minimum absolute atomic E-state index is 0.306. The van der Waals surface area contributed by atoms with Gasteiger partial charge in [-0.25, -0.2) is 4.79 Å². The molecular weight excluding hydrogens is 272 g/mol. The summed E-state index contributed by atoms with van der Waals surface area (Å²) in [7, 11) is 0. The molecule has 106 valence electrons. The average Bonchev–Trinajstić information content (AvgIpc) is 2.82. The smallest absolute Gasteiger partial charge is 0.308 e. The number of nitrogens with zero attached hydrogens (tertiary/aromatic N) is 2. The van der Waals surface area contributed by atoms with E-state index < -0.39 is 0 Å². The van der Waals surface area contributed by atoms with Gasteiger partial charge in [0.2, 0.25) is 5.13 Å². The molecule has 0 unspecified atom stereocenters. The number of carbonyl (C=O) groups excluding carboxylic acids is 1. The lowest BCUT2D eigenvalue weighted by atomic mass is 10.1. The number of urea groups is 1. The van der Waals surface area contributed by atoms with E-state index in [2.05, 4.69) is 20.8 Å². The van der Waals surface area contributed by atoms with Gasteiger partial charge in [-0.2, -0.15) is 0 Å². The van der Waals surface area contributed by atoms with Crippen LogP contribution in [0, 0.1) is 13.8 Å². The Morgan fingerprint density at radius 1 is 1.15 bits per heavy atom. The van der Waals surface area contributed by atoms with E-state index in [9.17, 15) is 4.79 Å². The molecule has 0 radical (unpaired) electrons. The lowest BCUT2D eigenvalue weighted by Crippen LogP contribution is -2.19. The predicted octanol–water partition coefficient (Wildman–Crippen LogP) is 3.92. The van der Waals surface area contributed by atoms with Crippen LogP contribution < -0.4 is 10.6 Å². The Hall–Kier alpha value is -1.95. The monoisotopic (exact) mass is 290 g/mol. The van der Waals surface area contributed by atoms with Crippen LogP contribution in [-0.4, -0.2) is 16.2 Å². The highest BCUT2D eigenvalue weighted by atomic mass is 32.1. The predicted molar refractivity (Wildman–Crippen MR) is 82.6 cm³/mol. The normalized spacial score (nSPS) is 10.7. The van der Waals surface area contributed by atoms with E-state index in [1.807, 2.05) is 45.9 Å². The van der Waals surface area contributed by atoms with Crippen molar-refractivity contribution in [1.29, 1.82) is 0 Å². The largest absolute Gasteiger partial charge is 0.325 e. The summed E-state index contributed by atoms with van der Waals surface area (Å²) in [5, 5.41) is 14.9. The topological polar surface area (TPSA) is 66.9 Å². The van der Waals surface area contributed by atoms with E-state index in [1.54, 1.807) is 0 Å². The summed E-state index contributed by atoms with van der Waals surface area (Å²) in [4.78, 5) is 11.9. The summed E-state index contributed by atoms with van der Waals surface area (Å²) < 4.78 is 0. The van der Waals surface area contributed by atoms with Gasteiger partial charge in [-0.05, 0) is 37.1 Å². The highest BCUT2D eigenvalue weighted by Crippen LogP contribution is 2.22. The van der Waals surface area contributed by atoms with Gasteiger partial charge < -0.3 is 5.32 Å². The third-order valence-corrected chi connectivity index (χ3v) is 4.06. The van der Waals surface area contributed by atoms with E-state index in [0.29, 0.717) is 11.0 Å². The Morgan fingerprint density at radius 2 is 1.90 bits per heavy atom. The van der Waals surface area contributed by atoms with Gasteiger partial charge in [-0.15, -0.1) is 10.2 Å². The van der Waals surface area contributed by atoms with Crippen LogP contribution in [0.2, 0.25) is 0 Å². The fourth-order valence-electron chi connectivity index (χ4n) is 1.60.